The van der Waals surface area contributed by atoms with Crippen LogP contribution in [0, 0.1) is 0 Å². The lowest BCUT2D eigenvalue weighted by Crippen LogP contribution is -2.49. The van der Waals surface area contributed by atoms with Gasteiger partial charge >= 0.3 is 0 Å². The van der Waals surface area contributed by atoms with Crippen LogP contribution in [-0.4, -0.2) is 42.0 Å². The van der Waals surface area contributed by atoms with Gasteiger partial charge in [0.25, 0.3) is 0 Å². The fraction of sp³-hybridized carbons (Fsp3) is 0.400. The highest BCUT2D eigenvalue weighted by Gasteiger charge is 2.28. The van der Waals surface area contributed by atoms with Crippen molar-refractivity contribution in [1.29, 1.82) is 0 Å². The highest BCUT2D eigenvalue weighted by Crippen LogP contribution is 2.35. The van der Waals surface area contributed by atoms with E-state index in [1.165, 1.54) is 11.1 Å². The summed E-state index contributed by atoms with van der Waals surface area (Å²) in [6, 6.07) is 14.6. The number of aryl methyl sites for hydroxylation is 1. The average Bonchev–Trinajstić information content (AvgIpc) is 3.06. The third-order valence-corrected chi connectivity index (χ3v) is 5.28. The molecule has 0 spiro atoms. The van der Waals surface area contributed by atoms with Crippen molar-refractivity contribution in [3.8, 4) is 0 Å². The van der Waals surface area contributed by atoms with Crippen LogP contribution >= 0.6 is 0 Å². The number of hydrogen-bond donors (Lipinski definition) is 0. The van der Waals surface area contributed by atoms with Gasteiger partial charge in [0.05, 0.1) is 0 Å². The maximum atomic E-state index is 12.7. The highest BCUT2D eigenvalue weighted by atomic mass is 16.2. The van der Waals surface area contributed by atoms with E-state index in [1.54, 1.807) is 0 Å². The van der Waals surface area contributed by atoms with E-state index in [0.29, 0.717) is 18.2 Å². The minimum Gasteiger partial charge on any atom is -0.353 e. The Balaban J connectivity index is 1.34. The summed E-state index contributed by atoms with van der Waals surface area (Å²) in [7, 11) is 0. The number of fused-ring (bicyclic) bond motifs is 1. The number of pyridine rings is 1. The zero-order chi connectivity index (χ0) is 16.4. The first kappa shape index (κ1) is 15.2. The van der Waals surface area contributed by atoms with E-state index < -0.39 is 0 Å². The fourth-order valence-electron chi connectivity index (χ4n) is 3.92. The number of piperazine rings is 1. The first-order chi connectivity index (χ1) is 11.8. The van der Waals surface area contributed by atoms with E-state index >= 15 is 0 Å². The number of anilines is 1. The Hall–Kier alpha value is -2.36. The van der Waals surface area contributed by atoms with Gasteiger partial charge in [0.1, 0.15) is 5.82 Å². The molecule has 1 atom stereocenters. The van der Waals surface area contributed by atoms with Crippen molar-refractivity contribution >= 4 is 11.7 Å². The van der Waals surface area contributed by atoms with Crippen molar-refractivity contribution in [3.05, 3.63) is 59.8 Å². The molecule has 1 fully saturated rings. The van der Waals surface area contributed by atoms with E-state index in [1.807, 2.05) is 29.3 Å². The van der Waals surface area contributed by atoms with Crippen LogP contribution < -0.4 is 4.90 Å². The number of rotatable bonds is 3. The van der Waals surface area contributed by atoms with Gasteiger partial charge in [-0.2, -0.15) is 0 Å². The van der Waals surface area contributed by atoms with E-state index in [0.717, 1.165) is 44.8 Å². The zero-order valence-corrected chi connectivity index (χ0v) is 13.9. The monoisotopic (exact) mass is 321 g/mol. The maximum absolute atomic E-state index is 12.7. The van der Waals surface area contributed by atoms with Crippen molar-refractivity contribution in [2.45, 2.75) is 25.2 Å². The second kappa shape index (κ2) is 6.63. The Morgan fingerprint density at radius 2 is 1.83 bits per heavy atom. The smallest absolute Gasteiger partial charge is 0.223 e. The number of carbonyl (C=O) groups is 1. The molecular formula is C20H23N3O. The van der Waals surface area contributed by atoms with Gasteiger partial charge < -0.3 is 9.80 Å². The molecule has 24 heavy (non-hydrogen) atoms. The summed E-state index contributed by atoms with van der Waals surface area (Å²) in [6.07, 6.45) is 4.70. The second-order valence-corrected chi connectivity index (χ2v) is 6.69. The molecule has 1 saturated heterocycles. The molecule has 0 N–H and O–H groups in total. The lowest BCUT2D eigenvalue weighted by Gasteiger charge is -2.35. The molecule has 0 saturated carbocycles. The second-order valence-electron chi connectivity index (χ2n) is 6.69. The SMILES string of the molecule is O=C(CC1CCc2ccccc21)N1CCN(c2ccccn2)CC1. The molecule has 1 amide bonds. The van der Waals surface area contributed by atoms with Gasteiger partial charge in [-0.05, 0) is 42.0 Å². The predicted octanol–water partition coefficient (Wildman–Crippen LogP) is 2.85. The molecule has 1 aromatic carbocycles. The number of amides is 1. The summed E-state index contributed by atoms with van der Waals surface area (Å²) in [6.45, 7) is 3.32. The summed E-state index contributed by atoms with van der Waals surface area (Å²) in [4.78, 5) is 21.4. The average molecular weight is 321 g/mol. The van der Waals surface area contributed by atoms with Gasteiger partial charge in [0.2, 0.25) is 5.91 Å². The quantitative estimate of drug-likeness (QED) is 0.872. The van der Waals surface area contributed by atoms with Crippen molar-refractivity contribution in [2.75, 3.05) is 31.1 Å². The van der Waals surface area contributed by atoms with Crippen molar-refractivity contribution in [3.63, 3.8) is 0 Å². The minimum absolute atomic E-state index is 0.303. The Kier molecular flexibility index (Phi) is 4.20. The summed E-state index contributed by atoms with van der Waals surface area (Å²) in [5.74, 6) is 1.72. The first-order valence-electron chi connectivity index (χ1n) is 8.83. The fourth-order valence-corrected chi connectivity index (χ4v) is 3.92. The Labute approximate surface area is 143 Å². The molecule has 0 radical (unpaired) electrons. The first-order valence-corrected chi connectivity index (χ1v) is 8.83. The normalized spacial score (nSPS) is 20.1. The highest BCUT2D eigenvalue weighted by molar-refractivity contribution is 5.77. The molecule has 4 nitrogen and oxygen atoms in total. The summed E-state index contributed by atoms with van der Waals surface area (Å²) in [5.41, 5.74) is 2.81. The lowest BCUT2D eigenvalue weighted by atomic mass is 9.97. The molecule has 4 rings (SSSR count). The molecule has 2 aliphatic rings. The van der Waals surface area contributed by atoms with Crippen LogP contribution in [0.4, 0.5) is 5.82 Å². The van der Waals surface area contributed by atoms with E-state index in [4.69, 9.17) is 0 Å². The summed E-state index contributed by atoms with van der Waals surface area (Å²) >= 11 is 0. The van der Waals surface area contributed by atoms with Crippen molar-refractivity contribution in [2.24, 2.45) is 0 Å². The molecule has 0 bridgehead atoms. The van der Waals surface area contributed by atoms with Crippen LogP contribution in [-0.2, 0) is 11.2 Å². The van der Waals surface area contributed by atoms with E-state index in [-0.39, 0.29) is 0 Å². The van der Waals surface area contributed by atoms with Crippen molar-refractivity contribution in [1.82, 2.24) is 9.88 Å². The van der Waals surface area contributed by atoms with Gasteiger partial charge in [-0.3, -0.25) is 4.79 Å². The number of benzene rings is 1. The van der Waals surface area contributed by atoms with Crippen LogP contribution in [0.1, 0.15) is 29.9 Å². The Bertz CT molecular complexity index is 708. The van der Waals surface area contributed by atoms with Crippen LogP contribution in [0.5, 0.6) is 0 Å². The van der Waals surface area contributed by atoms with Crippen molar-refractivity contribution < 1.29 is 4.79 Å². The van der Waals surface area contributed by atoms with Gasteiger partial charge in [-0.25, -0.2) is 4.98 Å². The molecular weight excluding hydrogens is 298 g/mol. The molecule has 124 valence electrons. The largest absolute Gasteiger partial charge is 0.353 e. The van der Waals surface area contributed by atoms with Crippen LogP contribution in [0.2, 0.25) is 0 Å². The van der Waals surface area contributed by atoms with Gasteiger partial charge in [0, 0.05) is 38.8 Å². The minimum atomic E-state index is 0.303. The number of aromatic nitrogens is 1. The molecule has 1 aliphatic carbocycles. The molecule has 1 unspecified atom stereocenters. The Morgan fingerprint density at radius 3 is 2.62 bits per heavy atom. The van der Waals surface area contributed by atoms with Crippen LogP contribution in [0.25, 0.3) is 0 Å². The van der Waals surface area contributed by atoms with Crippen LogP contribution in [0.3, 0.4) is 0 Å². The lowest BCUT2D eigenvalue weighted by molar-refractivity contribution is -0.131. The summed E-state index contributed by atoms with van der Waals surface area (Å²) < 4.78 is 0. The van der Waals surface area contributed by atoms with Crippen LogP contribution in [0.15, 0.2) is 48.7 Å². The predicted molar refractivity (Wildman–Crippen MR) is 95.2 cm³/mol. The maximum Gasteiger partial charge on any atom is 0.223 e. The Morgan fingerprint density at radius 1 is 1.04 bits per heavy atom. The number of nitrogens with zero attached hydrogens (tertiary/aromatic N) is 3. The molecule has 4 heteroatoms. The zero-order valence-electron chi connectivity index (χ0n) is 13.9. The molecule has 1 aliphatic heterocycles. The summed E-state index contributed by atoms with van der Waals surface area (Å²) in [5, 5.41) is 0. The van der Waals surface area contributed by atoms with Gasteiger partial charge in [-0.15, -0.1) is 0 Å². The number of carbonyl (C=O) groups excluding carboxylic acids is 1. The standard InChI is InChI=1S/C20H23N3O/c24-20(15-17-9-8-16-5-1-2-6-18(16)17)23-13-11-22(12-14-23)19-7-3-4-10-21-19/h1-7,10,17H,8-9,11-15H2. The topological polar surface area (TPSA) is 36.4 Å². The third-order valence-electron chi connectivity index (χ3n) is 5.28. The number of hydrogen-bond acceptors (Lipinski definition) is 3. The third kappa shape index (κ3) is 3.01. The molecule has 1 aromatic heterocycles. The molecule has 2 heterocycles. The molecule has 2 aromatic rings. The van der Waals surface area contributed by atoms with Gasteiger partial charge in [0.15, 0.2) is 0 Å². The van der Waals surface area contributed by atoms with E-state index in [2.05, 4.69) is 34.1 Å². The van der Waals surface area contributed by atoms with Gasteiger partial charge in [-0.1, -0.05) is 30.3 Å². The van der Waals surface area contributed by atoms with E-state index in [9.17, 15) is 4.79 Å².